The van der Waals surface area contributed by atoms with Gasteiger partial charge in [-0.25, -0.2) is 19.7 Å². The molecule has 1 saturated heterocycles. The minimum Gasteiger partial charge on any atom is -0.481 e. The van der Waals surface area contributed by atoms with E-state index in [1.54, 1.807) is 24.2 Å². The third-order valence-corrected chi connectivity index (χ3v) is 5.88. The lowest BCUT2D eigenvalue weighted by molar-refractivity contribution is -0.137. The normalized spacial score (nSPS) is 16.6. The summed E-state index contributed by atoms with van der Waals surface area (Å²) in [4.78, 5) is 38.5. The largest absolute Gasteiger partial charge is 0.481 e. The fourth-order valence-electron chi connectivity index (χ4n) is 4.03. The van der Waals surface area contributed by atoms with Gasteiger partial charge in [0.1, 0.15) is 11.6 Å². The van der Waals surface area contributed by atoms with Gasteiger partial charge in [-0.1, -0.05) is 6.07 Å². The van der Waals surface area contributed by atoms with Gasteiger partial charge in [0.05, 0.1) is 12.5 Å². The van der Waals surface area contributed by atoms with Crippen LogP contribution in [-0.2, 0) is 17.6 Å². The van der Waals surface area contributed by atoms with Crippen molar-refractivity contribution in [1.29, 1.82) is 0 Å². The first-order chi connectivity index (χ1) is 15.0. The number of carboxylic acids is 1. The fraction of sp³-hybridized carbons (Fsp3) is 0.500. The Balaban J connectivity index is 1.26. The molecule has 2 aromatic rings. The molecule has 164 valence electrons. The Morgan fingerprint density at radius 2 is 2.06 bits per heavy atom. The predicted molar refractivity (Wildman–Crippen MR) is 115 cm³/mol. The summed E-state index contributed by atoms with van der Waals surface area (Å²) in [6.45, 7) is 4.07. The molecule has 0 bridgehead atoms. The molecule has 31 heavy (non-hydrogen) atoms. The minimum atomic E-state index is -0.987. The minimum absolute atomic E-state index is 0.215. The van der Waals surface area contributed by atoms with E-state index in [4.69, 9.17) is 4.98 Å². The van der Waals surface area contributed by atoms with E-state index < -0.39 is 12.0 Å². The molecule has 2 aliphatic heterocycles. The molecule has 2 aromatic heterocycles. The van der Waals surface area contributed by atoms with Crippen LogP contribution in [-0.4, -0.2) is 56.6 Å². The molecule has 9 nitrogen and oxygen atoms in total. The van der Waals surface area contributed by atoms with Crippen LogP contribution >= 0.6 is 0 Å². The summed E-state index contributed by atoms with van der Waals surface area (Å²) in [6, 6.07) is 3.37. The van der Waals surface area contributed by atoms with Crippen LogP contribution in [0.2, 0.25) is 0 Å². The van der Waals surface area contributed by atoms with Gasteiger partial charge in [-0.2, -0.15) is 0 Å². The highest BCUT2D eigenvalue weighted by molar-refractivity contribution is 5.77. The van der Waals surface area contributed by atoms with Crippen LogP contribution < -0.4 is 10.6 Å². The van der Waals surface area contributed by atoms with Crippen molar-refractivity contribution in [3.63, 3.8) is 0 Å². The molecule has 2 amide bonds. The van der Waals surface area contributed by atoms with Crippen LogP contribution in [0, 0.1) is 12.8 Å². The van der Waals surface area contributed by atoms with Gasteiger partial charge in [0.15, 0.2) is 0 Å². The highest BCUT2D eigenvalue weighted by atomic mass is 16.4. The van der Waals surface area contributed by atoms with Gasteiger partial charge in [-0.15, -0.1) is 0 Å². The Morgan fingerprint density at radius 1 is 1.29 bits per heavy atom. The number of rotatable bonds is 7. The lowest BCUT2D eigenvalue weighted by Crippen LogP contribution is -2.54. The van der Waals surface area contributed by atoms with Gasteiger partial charge in [-0.05, 0) is 50.2 Å². The molecule has 3 N–H and O–H groups in total. The number of urea groups is 1. The third kappa shape index (κ3) is 5.28. The number of aliphatic carboxylic acids is 1. The fourth-order valence-corrected chi connectivity index (χ4v) is 4.03. The summed E-state index contributed by atoms with van der Waals surface area (Å²) in [5.74, 6) is 1.05. The molecule has 4 rings (SSSR count). The maximum absolute atomic E-state index is 12.6. The number of carboxylic acid groups (broad SMARTS) is 1. The van der Waals surface area contributed by atoms with Gasteiger partial charge < -0.3 is 20.6 Å². The standard InChI is InChI=1S/C22H28N6O3/c1-14-24-10-17(11-25-14)19(9-20(29)30)27-22(31)28-12-15(13-28)4-6-18-7-5-16-3-2-8-23-21(16)26-18/h5,7,10-11,15,19H,2-4,6,8-9,12-13H2,1H3,(H,23,26)(H,27,31)(H,29,30). The Bertz CT molecular complexity index is 943. The zero-order chi connectivity index (χ0) is 21.8. The van der Waals surface area contributed by atoms with E-state index in [2.05, 4.69) is 32.7 Å². The molecular weight excluding hydrogens is 396 g/mol. The number of nitrogens with one attached hydrogen (secondary N) is 2. The Labute approximate surface area is 181 Å². The average molecular weight is 425 g/mol. The van der Waals surface area contributed by atoms with E-state index in [1.165, 1.54) is 5.56 Å². The summed E-state index contributed by atoms with van der Waals surface area (Å²) < 4.78 is 0. The van der Waals surface area contributed by atoms with Crippen molar-refractivity contribution in [2.75, 3.05) is 25.0 Å². The summed E-state index contributed by atoms with van der Waals surface area (Å²) in [5, 5.41) is 15.4. The summed E-state index contributed by atoms with van der Waals surface area (Å²) in [7, 11) is 0. The number of hydrogen-bond donors (Lipinski definition) is 3. The first-order valence-corrected chi connectivity index (χ1v) is 10.8. The van der Waals surface area contributed by atoms with E-state index in [9.17, 15) is 14.7 Å². The van der Waals surface area contributed by atoms with Gasteiger partial charge in [-0.3, -0.25) is 4.79 Å². The topological polar surface area (TPSA) is 120 Å². The summed E-state index contributed by atoms with van der Waals surface area (Å²) >= 11 is 0. The number of aromatic nitrogens is 3. The number of pyridine rings is 1. The average Bonchev–Trinajstić information content (AvgIpc) is 2.72. The molecule has 0 saturated carbocycles. The predicted octanol–water partition coefficient (Wildman–Crippen LogP) is 2.33. The van der Waals surface area contributed by atoms with Gasteiger partial charge in [0.2, 0.25) is 0 Å². The number of nitrogens with zero attached hydrogens (tertiary/aromatic N) is 4. The van der Waals surface area contributed by atoms with E-state index in [0.717, 1.165) is 43.7 Å². The highest BCUT2D eigenvalue weighted by Crippen LogP contribution is 2.25. The molecule has 0 radical (unpaired) electrons. The Morgan fingerprint density at radius 3 is 2.81 bits per heavy atom. The van der Waals surface area contributed by atoms with Crippen LogP contribution in [0.3, 0.4) is 0 Å². The lowest BCUT2D eigenvalue weighted by Gasteiger charge is -2.40. The molecule has 0 spiro atoms. The monoisotopic (exact) mass is 424 g/mol. The second-order valence-corrected chi connectivity index (χ2v) is 8.31. The highest BCUT2D eigenvalue weighted by Gasteiger charge is 2.32. The Hall–Kier alpha value is -3.23. The number of carbonyl (C=O) groups is 2. The zero-order valence-electron chi connectivity index (χ0n) is 17.7. The van der Waals surface area contributed by atoms with Crippen LogP contribution in [0.15, 0.2) is 24.5 Å². The molecular formula is C22H28N6O3. The number of aryl methyl sites for hydroxylation is 3. The number of carbonyl (C=O) groups excluding carboxylic acids is 1. The van der Waals surface area contributed by atoms with E-state index in [-0.39, 0.29) is 12.5 Å². The van der Waals surface area contributed by atoms with Crippen molar-refractivity contribution in [3.8, 4) is 0 Å². The van der Waals surface area contributed by atoms with Crippen LogP contribution in [0.5, 0.6) is 0 Å². The van der Waals surface area contributed by atoms with E-state index in [0.29, 0.717) is 30.4 Å². The van der Waals surface area contributed by atoms with Crippen LogP contribution in [0.1, 0.15) is 47.9 Å². The number of fused-ring (bicyclic) bond motifs is 1. The van der Waals surface area contributed by atoms with Gasteiger partial charge >= 0.3 is 12.0 Å². The van der Waals surface area contributed by atoms with Crippen molar-refractivity contribution in [3.05, 3.63) is 47.2 Å². The van der Waals surface area contributed by atoms with Crippen molar-refractivity contribution in [2.24, 2.45) is 5.92 Å². The molecule has 0 aromatic carbocycles. The number of hydrogen-bond acceptors (Lipinski definition) is 6. The van der Waals surface area contributed by atoms with Crippen LogP contribution in [0.4, 0.5) is 10.6 Å². The van der Waals surface area contributed by atoms with Gasteiger partial charge in [0.25, 0.3) is 0 Å². The van der Waals surface area contributed by atoms with E-state index in [1.807, 2.05) is 0 Å². The number of amides is 2. The molecule has 1 fully saturated rings. The second-order valence-electron chi connectivity index (χ2n) is 8.31. The lowest BCUT2D eigenvalue weighted by atomic mass is 9.93. The molecule has 1 unspecified atom stereocenters. The SMILES string of the molecule is Cc1ncc(C(CC(=O)O)NC(=O)N2CC(CCc3ccc4c(n3)NCCC4)C2)cn1. The quantitative estimate of drug-likeness (QED) is 0.624. The summed E-state index contributed by atoms with van der Waals surface area (Å²) in [6.07, 6.45) is 7.01. The third-order valence-electron chi connectivity index (χ3n) is 5.88. The van der Waals surface area contributed by atoms with Crippen molar-refractivity contribution >= 4 is 17.8 Å². The number of likely N-dealkylation sites (tertiary alicyclic amines) is 1. The Kier molecular flexibility index (Phi) is 6.29. The first-order valence-electron chi connectivity index (χ1n) is 10.8. The molecule has 4 heterocycles. The molecule has 0 aliphatic carbocycles. The maximum Gasteiger partial charge on any atom is 0.317 e. The first kappa shape index (κ1) is 21.0. The molecule has 9 heteroatoms. The second kappa shape index (κ2) is 9.28. The van der Waals surface area contributed by atoms with Crippen LogP contribution in [0.25, 0.3) is 0 Å². The molecule has 2 aliphatic rings. The van der Waals surface area contributed by atoms with Crippen molar-refractivity contribution in [1.82, 2.24) is 25.2 Å². The zero-order valence-corrected chi connectivity index (χ0v) is 17.7. The maximum atomic E-state index is 12.6. The smallest absolute Gasteiger partial charge is 0.317 e. The van der Waals surface area contributed by atoms with Gasteiger partial charge in [0, 0.05) is 43.3 Å². The van der Waals surface area contributed by atoms with Crippen molar-refractivity contribution < 1.29 is 14.7 Å². The number of anilines is 1. The van der Waals surface area contributed by atoms with Crippen molar-refractivity contribution in [2.45, 2.75) is 45.1 Å². The van der Waals surface area contributed by atoms with E-state index >= 15 is 0 Å². The summed E-state index contributed by atoms with van der Waals surface area (Å²) in [5.41, 5.74) is 2.96. The molecule has 1 atom stereocenters.